The van der Waals surface area contributed by atoms with Crippen molar-refractivity contribution < 1.29 is 0 Å². The molecule has 0 radical (unpaired) electrons. The summed E-state index contributed by atoms with van der Waals surface area (Å²) in [4.78, 5) is 10.8. The number of hydrogen-bond donors (Lipinski definition) is 0. The Balaban J connectivity index is 2.04. The fraction of sp³-hybridized carbons (Fsp3) is 0. The van der Waals surface area contributed by atoms with E-state index in [4.69, 9.17) is 0 Å². The Bertz CT molecular complexity index is 709. The van der Waals surface area contributed by atoms with Crippen LogP contribution in [0, 0.1) is 4.91 Å². The smallest absolute Gasteiger partial charge is 0.145 e. The third kappa shape index (κ3) is 2.28. The van der Waals surface area contributed by atoms with E-state index < -0.39 is 0 Å². The van der Waals surface area contributed by atoms with Crippen molar-refractivity contribution in [2.24, 2.45) is 5.18 Å². The van der Waals surface area contributed by atoms with Gasteiger partial charge in [-0.1, -0.05) is 53.8 Å². The van der Waals surface area contributed by atoms with E-state index in [9.17, 15) is 4.91 Å². The molecule has 0 spiro atoms. The second-order valence-corrected chi connectivity index (χ2v) is 4.86. The van der Waals surface area contributed by atoms with Crippen LogP contribution in [-0.2, 0) is 0 Å². The van der Waals surface area contributed by atoms with E-state index in [-0.39, 0.29) is 0 Å². The Morgan fingerprint density at radius 3 is 2.32 bits per heavy atom. The molecule has 92 valence electrons. The molecule has 3 aromatic rings. The number of nitroso groups, excluding NO2 is 1. The van der Waals surface area contributed by atoms with E-state index in [1.165, 1.54) is 11.3 Å². The van der Waals surface area contributed by atoms with Gasteiger partial charge in [0.05, 0.1) is 0 Å². The highest BCUT2D eigenvalue weighted by atomic mass is 32.1. The van der Waals surface area contributed by atoms with Crippen molar-refractivity contribution in [2.45, 2.75) is 0 Å². The minimum atomic E-state index is 0.387. The van der Waals surface area contributed by atoms with Gasteiger partial charge in [0, 0.05) is 11.1 Å². The van der Waals surface area contributed by atoms with Crippen molar-refractivity contribution in [3.63, 3.8) is 0 Å². The zero-order valence-corrected chi connectivity index (χ0v) is 10.7. The molecule has 0 bridgehead atoms. The zero-order valence-electron chi connectivity index (χ0n) is 9.85. The molecule has 0 atom stereocenters. The van der Waals surface area contributed by atoms with Gasteiger partial charge >= 0.3 is 0 Å². The summed E-state index contributed by atoms with van der Waals surface area (Å²) in [5.74, 6) is 0. The summed E-state index contributed by atoms with van der Waals surface area (Å²) in [7, 11) is 0. The van der Waals surface area contributed by atoms with Crippen LogP contribution in [0.5, 0.6) is 0 Å². The van der Waals surface area contributed by atoms with Gasteiger partial charge in [-0.15, -0.1) is 15.1 Å². The van der Waals surface area contributed by atoms with Crippen molar-refractivity contribution in [1.82, 2.24) is 10.2 Å². The highest BCUT2D eigenvalue weighted by molar-refractivity contribution is 7.18. The first kappa shape index (κ1) is 11.7. The topological polar surface area (TPSA) is 55.2 Å². The Labute approximate surface area is 113 Å². The molecule has 0 saturated heterocycles. The largest absolute Gasteiger partial charge is 0.150 e. The van der Waals surface area contributed by atoms with Crippen LogP contribution >= 0.6 is 11.3 Å². The van der Waals surface area contributed by atoms with Crippen molar-refractivity contribution >= 4 is 17.0 Å². The molecule has 0 amide bonds. The molecule has 0 aliphatic carbocycles. The summed E-state index contributed by atoms with van der Waals surface area (Å²) in [6, 6.07) is 17.0. The fourth-order valence-corrected chi connectivity index (χ4v) is 2.65. The molecular formula is C14H9N3OS. The maximum absolute atomic E-state index is 10.8. The predicted molar refractivity (Wildman–Crippen MR) is 76.2 cm³/mol. The van der Waals surface area contributed by atoms with E-state index in [0.717, 1.165) is 16.1 Å². The normalized spacial score (nSPS) is 10.3. The Kier molecular flexibility index (Phi) is 3.12. The van der Waals surface area contributed by atoms with Crippen LogP contribution < -0.4 is 0 Å². The van der Waals surface area contributed by atoms with E-state index in [2.05, 4.69) is 15.4 Å². The second-order valence-electron chi connectivity index (χ2n) is 3.89. The third-order valence-corrected chi connectivity index (χ3v) is 3.68. The predicted octanol–water partition coefficient (Wildman–Crippen LogP) is 4.27. The first-order valence-corrected chi connectivity index (χ1v) is 6.52. The monoisotopic (exact) mass is 267 g/mol. The zero-order chi connectivity index (χ0) is 13.1. The van der Waals surface area contributed by atoms with Gasteiger partial charge in [-0.05, 0) is 17.3 Å². The summed E-state index contributed by atoms with van der Waals surface area (Å²) in [6.07, 6.45) is 0. The summed E-state index contributed by atoms with van der Waals surface area (Å²) in [5.41, 5.74) is 2.12. The molecule has 4 nitrogen and oxygen atoms in total. The van der Waals surface area contributed by atoms with E-state index >= 15 is 0 Å². The number of nitrogens with zero attached hydrogens (tertiary/aromatic N) is 3. The van der Waals surface area contributed by atoms with Crippen molar-refractivity contribution in [1.29, 1.82) is 0 Å². The molecule has 0 fully saturated rings. The summed E-state index contributed by atoms with van der Waals surface area (Å²) >= 11 is 1.45. The lowest BCUT2D eigenvalue weighted by atomic mass is 10.2. The van der Waals surface area contributed by atoms with Crippen LogP contribution in [0.1, 0.15) is 0 Å². The van der Waals surface area contributed by atoms with Gasteiger partial charge in [-0.3, -0.25) is 0 Å². The average Bonchev–Trinajstić information content (AvgIpc) is 2.98. The molecule has 0 N–H and O–H groups in total. The molecule has 3 rings (SSSR count). The molecule has 5 heteroatoms. The fourth-order valence-electron chi connectivity index (χ4n) is 1.76. The third-order valence-electron chi connectivity index (χ3n) is 2.68. The number of aromatic nitrogens is 2. The average molecular weight is 267 g/mol. The molecular weight excluding hydrogens is 258 g/mol. The number of benzene rings is 2. The molecule has 0 aliphatic rings. The SMILES string of the molecule is O=Nc1ccccc1-c1nnc(-c2ccccc2)s1. The minimum absolute atomic E-state index is 0.387. The van der Waals surface area contributed by atoms with Crippen molar-refractivity contribution in [3.05, 3.63) is 59.5 Å². The molecule has 1 aromatic heterocycles. The second kappa shape index (κ2) is 5.07. The molecule has 2 aromatic carbocycles. The molecule has 0 unspecified atom stereocenters. The molecule has 0 saturated carbocycles. The van der Waals surface area contributed by atoms with Crippen LogP contribution in [0.25, 0.3) is 21.1 Å². The van der Waals surface area contributed by atoms with Gasteiger partial charge < -0.3 is 0 Å². The van der Waals surface area contributed by atoms with Crippen molar-refractivity contribution in [3.8, 4) is 21.1 Å². The summed E-state index contributed by atoms with van der Waals surface area (Å²) < 4.78 is 0. The van der Waals surface area contributed by atoms with Gasteiger partial charge in [-0.25, -0.2) is 0 Å². The van der Waals surface area contributed by atoms with Crippen molar-refractivity contribution in [2.75, 3.05) is 0 Å². The van der Waals surface area contributed by atoms with Gasteiger partial charge in [0.15, 0.2) is 0 Å². The maximum Gasteiger partial charge on any atom is 0.150 e. The van der Waals surface area contributed by atoms with Crippen LogP contribution in [0.2, 0.25) is 0 Å². The lowest BCUT2D eigenvalue weighted by Gasteiger charge is -1.96. The highest BCUT2D eigenvalue weighted by Crippen LogP contribution is 2.34. The van der Waals surface area contributed by atoms with E-state index in [0.29, 0.717) is 10.7 Å². The lowest BCUT2D eigenvalue weighted by Crippen LogP contribution is -1.77. The minimum Gasteiger partial charge on any atom is -0.145 e. The Morgan fingerprint density at radius 1 is 0.842 bits per heavy atom. The van der Waals surface area contributed by atoms with Crippen LogP contribution in [0.15, 0.2) is 59.8 Å². The number of hydrogen-bond acceptors (Lipinski definition) is 5. The number of rotatable bonds is 3. The van der Waals surface area contributed by atoms with Crippen LogP contribution in [-0.4, -0.2) is 10.2 Å². The maximum atomic E-state index is 10.8. The summed E-state index contributed by atoms with van der Waals surface area (Å²) in [5, 5.41) is 12.9. The standard InChI is InChI=1S/C14H9N3OS/c18-17-12-9-5-4-8-11(12)14-16-15-13(19-14)10-6-2-1-3-7-10/h1-9H. The quantitative estimate of drug-likeness (QED) is 0.666. The van der Waals surface area contributed by atoms with Crippen LogP contribution in [0.3, 0.4) is 0 Å². The van der Waals surface area contributed by atoms with Gasteiger partial charge in [0.25, 0.3) is 0 Å². The first-order chi connectivity index (χ1) is 9.38. The van der Waals surface area contributed by atoms with Crippen LogP contribution in [0.4, 0.5) is 5.69 Å². The van der Waals surface area contributed by atoms with Gasteiger partial charge in [0.2, 0.25) is 0 Å². The lowest BCUT2D eigenvalue weighted by molar-refractivity contribution is 1.10. The first-order valence-electron chi connectivity index (χ1n) is 5.70. The Morgan fingerprint density at radius 2 is 1.53 bits per heavy atom. The van der Waals surface area contributed by atoms with Gasteiger partial charge in [0.1, 0.15) is 15.7 Å². The molecule has 19 heavy (non-hydrogen) atoms. The molecule has 0 aliphatic heterocycles. The van der Waals surface area contributed by atoms with E-state index in [1.807, 2.05) is 42.5 Å². The van der Waals surface area contributed by atoms with E-state index in [1.54, 1.807) is 12.1 Å². The molecule has 1 heterocycles. The van der Waals surface area contributed by atoms with Gasteiger partial charge in [-0.2, -0.15) is 0 Å². The Hall–Kier alpha value is -2.40. The highest BCUT2D eigenvalue weighted by Gasteiger charge is 2.11. The summed E-state index contributed by atoms with van der Waals surface area (Å²) in [6.45, 7) is 0.